The van der Waals surface area contributed by atoms with Crippen LogP contribution in [0, 0.1) is 0 Å². The van der Waals surface area contributed by atoms with Crippen molar-refractivity contribution < 1.29 is 9.90 Å². The van der Waals surface area contributed by atoms with Crippen molar-refractivity contribution in [1.82, 2.24) is 0 Å². The Labute approximate surface area is 75.1 Å². The van der Waals surface area contributed by atoms with Crippen molar-refractivity contribution >= 4 is 33.3 Å². The minimum absolute atomic E-state index is 0. The number of allylic oxidation sites excluding steroid dienone is 1. The first-order chi connectivity index (χ1) is 3.72. The van der Waals surface area contributed by atoms with Gasteiger partial charge < -0.3 is 5.11 Å². The maximum absolute atomic E-state index is 10.1. The Morgan fingerprint density at radius 2 is 2.11 bits per heavy atom. The molecule has 0 aliphatic carbocycles. The molecule has 0 saturated heterocycles. The molecule has 0 atom stereocenters. The van der Waals surface area contributed by atoms with Crippen LogP contribution in [-0.2, 0) is 4.79 Å². The molecule has 0 aromatic rings. The molecule has 0 aromatic carbocycles. The normalized spacial score (nSPS) is 10.2. The van der Waals surface area contributed by atoms with E-state index in [0.29, 0.717) is 12.0 Å². The van der Waals surface area contributed by atoms with E-state index >= 15 is 0 Å². The van der Waals surface area contributed by atoms with E-state index in [0.717, 1.165) is 0 Å². The van der Waals surface area contributed by atoms with Crippen LogP contribution in [0.25, 0.3) is 0 Å². The summed E-state index contributed by atoms with van der Waals surface area (Å²) in [5.74, 6) is -0.810. The summed E-state index contributed by atoms with van der Waals surface area (Å²) >= 11 is 0. The van der Waals surface area contributed by atoms with Gasteiger partial charge >= 0.3 is 5.97 Å². The van der Waals surface area contributed by atoms with Crippen LogP contribution in [0.3, 0.4) is 0 Å². The van der Waals surface area contributed by atoms with Crippen LogP contribution >= 0.6 is 0 Å². The predicted octanol–water partition coefficient (Wildman–Crippen LogP) is 1.05. The zero-order valence-corrected chi connectivity index (χ0v) is 9.53. The van der Waals surface area contributed by atoms with Gasteiger partial charge in [0, 0.05) is 32.9 Å². The van der Waals surface area contributed by atoms with Crippen molar-refractivity contribution in [2.75, 3.05) is 0 Å². The van der Waals surface area contributed by atoms with Crippen molar-refractivity contribution in [3.05, 3.63) is 11.6 Å². The van der Waals surface area contributed by atoms with E-state index in [1.807, 2.05) is 6.92 Å². The molecule has 50 valence electrons. The monoisotopic (exact) mass is 322 g/mol. The average molecular weight is 321 g/mol. The third-order valence-electron chi connectivity index (χ3n) is 1.00. The summed E-state index contributed by atoms with van der Waals surface area (Å²) in [4.78, 5) is 10.1. The molecule has 0 unspecified atom stereocenters. The van der Waals surface area contributed by atoms with Gasteiger partial charge in [-0.05, 0) is 13.3 Å². The quantitative estimate of drug-likeness (QED) is 0.610. The Bertz CT molecular complexity index is 118. The Kier molecular flexibility index (Phi) is 8.25. The smallest absolute Gasteiger partial charge is 0.331 e. The second-order valence-electron chi connectivity index (χ2n) is 1.47. The first-order valence-electron chi connectivity index (χ1n) is 2.60. The Balaban J connectivity index is 0. The van der Waals surface area contributed by atoms with Gasteiger partial charge in [0.15, 0.2) is 0 Å². The number of carbonyl (C=O) groups is 1. The predicted molar refractivity (Wildman–Crippen MR) is 37.4 cm³/mol. The van der Waals surface area contributed by atoms with E-state index < -0.39 is 5.97 Å². The fraction of sp³-hybridized carbons (Fsp3) is 0.500. The number of carboxylic acid groups (broad SMARTS) is 1. The van der Waals surface area contributed by atoms with Crippen LogP contribution in [0.1, 0.15) is 20.3 Å². The number of rotatable bonds is 2. The average Bonchev–Trinajstić information content (AvgIpc) is 1.69. The van der Waals surface area contributed by atoms with Crippen molar-refractivity contribution in [2.24, 2.45) is 0 Å². The molecule has 9 heavy (non-hydrogen) atoms. The molecule has 3 heteroatoms. The molecule has 0 aromatic heterocycles. The van der Waals surface area contributed by atoms with Crippen LogP contribution in [-0.4, -0.2) is 38.4 Å². The van der Waals surface area contributed by atoms with Gasteiger partial charge in [0.25, 0.3) is 0 Å². The van der Waals surface area contributed by atoms with Gasteiger partial charge in [-0.15, -0.1) is 0 Å². The van der Waals surface area contributed by atoms with Gasteiger partial charge in [0.1, 0.15) is 0 Å². The van der Waals surface area contributed by atoms with Gasteiger partial charge in [-0.2, -0.15) is 0 Å². The molecule has 0 aliphatic rings. The Morgan fingerprint density at radius 1 is 1.67 bits per heavy atom. The van der Waals surface area contributed by atoms with Crippen LogP contribution in [0.2, 0.25) is 0 Å². The topological polar surface area (TPSA) is 37.3 Å². The van der Waals surface area contributed by atoms with Crippen molar-refractivity contribution in [3.63, 3.8) is 0 Å². The molecule has 0 amide bonds. The van der Waals surface area contributed by atoms with Crippen LogP contribution in [0.4, 0.5) is 0 Å². The van der Waals surface area contributed by atoms with E-state index in [9.17, 15) is 4.79 Å². The molecule has 0 bridgehead atoms. The largest absolute Gasteiger partial charge is 0.478 e. The maximum atomic E-state index is 10.1. The molecule has 0 aliphatic heterocycles. The fourth-order valence-corrected chi connectivity index (χ4v) is 0.479. The molecule has 0 spiro atoms. The second-order valence-corrected chi connectivity index (χ2v) is 1.47. The zero-order valence-electron chi connectivity index (χ0n) is 5.64. The molecular weight excluding hydrogens is 311 g/mol. The minimum Gasteiger partial charge on any atom is -0.478 e. The van der Waals surface area contributed by atoms with Crippen molar-refractivity contribution in [2.45, 2.75) is 20.3 Å². The molecule has 2 nitrogen and oxygen atoms in total. The SMILES string of the molecule is C/C=C(\CC)C(=O)O.[Pb]. The molecular formula is C6H10O2Pb. The fourth-order valence-electron chi connectivity index (χ4n) is 0.479. The van der Waals surface area contributed by atoms with E-state index in [2.05, 4.69) is 0 Å². The number of hydrogen-bond donors (Lipinski definition) is 1. The van der Waals surface area contributed by atoms with E-state index in [1.165, 1.54) is 0 Å². The molecule has 0 heterocycles. The van der Waals surface area contributed by atoms with Crippen LogP contribution in [0.5, 0.6) is 0 Å². The molecule has 0 rings (SSSR count). The first-order valence-corrected chi connectivity index (χ1v) is 2.60. The summed E-state index contributed by atoms with van der Waals surface area (Å²) in [6.07, 6.45) is 2.22. The standard InChI is InChI=1S/C6H10O2.Pb/c1-3-5(4-2)6(7)8;/h3H,4H2,1-2H3,(H,7,8);/b5-3+;. The molecule has 4 radical (unpaired) electrons. The van der Waals surface area contributed by atoms with Gasteiger partial charge in [0.05, 0.1) is 0 Å². The summed E-state index contributed by atoms with van der Waals surface area (Å²) in [6, 6.07) is 0. The van der Waals surface area contributed by atoms with Gasteiger partial charge in [0.2, 0.25) is 0 Å². The number of carboxylic acids is 1. The zero-order chi connectivity index (χ0) is 6.57. The third-order valence-corrected chi connectivity index (χ3v) is 1.00. The van der Waals surface area contributed by atoms with E-state index in [-0.39, 0.29) is 27.3 Å². The Morgan fingerprint density at radius 3 is 2.11 bits per heavy atom. The summed E-state index contributed by atoms with van der Waals surface area (Å²) in [5.41, 5.74) is 0.477. The molecule has 0 saturated carbocycles. The maximum Gasteiger partial charge on any atom is 0.331 e. The second kappa shape index (κ2) is 6.26. The van der Waals surface area contributed by atoms with Crippen LogP contribution < -0.4 is 0 Å². The van der Waals surface area contributed by atoms with Crippen molar-refractivity contribution in [1.29, 1.82) is 0 Å². The Hall–Kier alpha value is 0.132. The van der Waals surface area contributed by atoms with E-state index in [1.54, 1.807) is 13.0 Å². The summed E-state index contributed by atoms with van der Waals surface area (Å²) < 4.78 is 0. The van der Waals surface area contributed by atoms with Gasteiger partial charge in [-0.1, -0.05) is 13.0 Å². The molecule has 0 fully saturated rings. The summed E-state index contributed by atoms with van der Waals surface area (Å²) in [7, 11) is 0. The number of hydrogen-bond acceptors (Lipinski definition) is 1. The molecule has 1 N–H and O–H groups in total. The van der Waals surface area contributed by atoms with Gasteiger partial charge in [-0.3, -0.25) is 0 Å². The third kappa shape index (κ3) is 4.62. The summed E-state index contributed by atoms with van der Waals surface area (Å²) in [6.45, 7) is 3.55. The van der Waals surface area contributed by atoms with Crippen LogP contribution in [0.15, 0.2) is 11.6 Å². The first kappa shape index (κ1) is 11.9. The van der Waals surface area contributed by atoms with Crippen molar-refractivity contribution in [3.8, 4) is 0 Å². The van der Waals surface area contributed by atoms with E-state index in [4.69, 9.17) is 5.11 Å². The summed E-state index contributed by atoms with van der Waals surface area (Å²) in [5, 5.41) is 8.30. The minimum atomic E-state index is -0.810. The number of aliphatic carboxylic acids is 1. The van der Waals surface area contributed by atoms with Gasteiger partial charge in [-0.25, -0.2) is 4.79 Å².